The molecule has 0 aliphatic heterocycles. The molecule has 6 heteroatoms. The molecule has 0 fully saturated rings. The van der Waals surface area contributed by atoms with Crippen LogP contribution >= 0.6 is 0 Å². The fourth-order valence-corrected chi connectivity index (χ4v) is 4.53. The molecule has 0 radical (unpaired) electrons. The van der Waals surface area contributed by atoms with Crippen molar-refractivity contribution in [2.75, 3.05) is 13.7 Å². The molecule has 2 atom stereocenters. The minimum atomic E-state index is -1.58. The monoisotopic (exact) mass is 402 g/mol. The molecule has 0 bridgehead atoms. The Bertz CT molecular complexity index is 990. The molecular formula is C24H26N4O2. The number of ether oxygens (including phenoxy) is 2. The van der Waals surface area contributed by atoms with Crippen LogP contribution in [0.15, 0.2) is 41.1 Å². The molecule has 0 amide bonds. The summed E-state index contributed by atoms with van der Waals surface area (Å²) in [6.45, 7) is 2.65. The van der Waals surface area contributed by atoms with Crippen LogP contribution in [-0.4, -0.2) is 13.7 Å². The second kappa shape index (κ2) is 8.93. The molecule has 0 aromatic heterocycles. The number of hydrogen-bond acceptors (Lipinski definition) is 6. The summed E-state index contributed by atoms with van der Waals surface area (Å²) in [5.74, 6) is 0.805. The number of methoxy groups -OCH3 is 1. The Morgan fingerprint density at radius 2 is 2.00 bits per heavy atom. The smallest absolute Gasteiger partial charge is 0.204 e. The highest BCUT2D eigenvalue weighted by atomic mass is 16.5. The molecule has 154 valence electrons. The Hall–Kier alpha value is -3.43. The van der Waals surface area contributed by atoms with E-state index in [0.717, 1.165) is 43.2 Å². The van der Waals surface area contributed by atoms with Gasteiger partial charge in [-0.05, 0) is 43.2 Å². The van der Waals surface area contributed by atoms with E-state index >= 15 is 0 Å². The van der Waals surface area contributed by atoms with Gasteiger partial charge in [0.05, 0.1) is 43.2 Å². The Morgan fingerprint density at radius 1 is 1.23 bits per heavy atom. The van der Waals surface area contributed by atoms with Gasteiger partial charge in [-0.25, -0.2) is 0 Å². The molecule has 0 heterocycles. The third-order valence-corrected chi connectivity index (χ3v) is 6.09. The highest BCUT2D eigenvalue weighted by Gasteiger charge is 2.52. The van der Waals surface area contributed by atoms with E-state index in [0.29, 0.717) is 18.1 Å². The number of nitriles is 3. The first-order valence-electron chi connectivity index (χ1n) is 10.3. The molecule has 0 saturated carbocycles. The van der Waals surface area contributed by atoms with Crippen molar-refractivity contribution in [1.29, 1.82) is 15.8 Å². The van der Waals surface area contributed by atoms with E-state index in [-0.39, 0.29) is 23.1 Å². The first kappa shape index (κ1) is 21.3. The zero-order valence-corrected chi connectivity index (χ0v) is 17.4. The van der Waals surface area contributed by atoms with Crippen LogP contribution in [0.5, 0.6) is 11.5 Å². The number of unbranched alkanes of at least 4 members (excludes halogenated alkanes) is 1. The molecule has 0 unspecified atom stereocenters. The molecule has 1 aromatic rings. The minimum Gasteiger partial charge on any atom is -0.497 e. The number of nitrogens with zero attached hydrogens (tertiary/aromatic N) is 3. The van der Waals surface area contributed by atoms with Crippen molar-refractivity contribution in [3.63, 3.8) is 0 Å². The van der Waals surface area contributed by atoms with Gasteiger partial charge in [-0.3, -0.25) is 0 Å². The summed E-state index contributed by atoms with van der Waals surface area (Å²) in [5.41, 5.74) is 6.66. The quantitative estimate of drug-likeness (QED) is 0.554. The summed E-state index contributed by atoms with van der Waals surface area (Å²) in [5, 5.41) is 29.8. The normalized spacial score (nSPS) is 22.0. The van der Waals surface area contributed by atoms with Gasteiger partial charge in [0.25, 0.3) is 0 Å². The number of nitrogens with two attached hydrogens (primary N) is 1. The van der Waals surface area contributed by atoms with Gasteiger partial charge in [0, 0.05) is 17.5 Å². The van der Waals surface area contributed by atoms with Gasteiger partial charge in [0.15, 0.2) is 0 Å². The SMILES string of the molecule is CCCCOc1cc(OC)ccc1[C@H]1C(C#N)=C(N)C(C#N)(C#N)C2=CCCC[C@H]21. The third-order valence-electron chi connectivity index (χ3n) is 6.09. The third kappa shape index (κ3) is 3.38. The van der Waals surface area contributed by atoms with E-state index < -0.39 is 5.41 Å². The van der Waals surface area contributed by atoms with E-state index in [1.54, 1.807) is 7.11 Å². The highest BCUT2D eigenvalue weighted by Crippen LogP contribution is 2.56. The first-order chi connectivity index (χ1) is 14.6. The summed E-state index contributed by atoms with van der Waals surface area (Å²) >= 11 is 0. The van der Waals surface area contributed by atoms with Gasteiger partial charge >= 0.3 is 0 Å². The molecule has 1 aromatic carbocycles. The van der Waals surface area contributed by atoms with Crippen molar-refractivity contribution in [3.8, 4) is 29.7 Å². The van der Waals surface area contributed by atoms with Crippen LogP contribution in [0.25, 0.3) is 0 Å². The summed E-state index contributed by atoms with van der Waals surface area (Å²) in [4.78, 5) is 0. The number of hydrogen-bond donors (Lipinski definition) is 1. The summed E-state index contributed by atoms with van der Waals surface area (Å²) in [7, 11) is 1.60. The van der Waals surface area contributed by atoms with Crippen LogP contribution in [-0.2, 0) is 0 Å². The maximum absolute atomic E-state index is 10.0. The van der Waals surface area contributed by atoms with Crippen molar-refractivity contribution in [2.24, 2.45) is 17.1 Å². The van der Waals surface area contributed by atoms with Crippen LogP contribution < -0.4 is 15.2 Å². The lowest BCUT2D eigenvalue weighted by Crippen LogP contribution is -2.40. The van der Waals surface area contributed by atoms with Crippen LogP contribution in [0.4, 0.5) is 0 Å². The van der Waals surface area contributed by atoms with E-state index in [1.807, 2.05) is 24.3 Å². The maximum Gasteiger partial charge on any atom is 0.204 e. The molecule has 0 spiro atoms. The fourth-order valence-electron chi connectivity index (χ4n) is 4.53. The van der Waals surface area contributed by atoms with E-state index in [1.165, 1.54) is 0 Å². The van der Waals surface area contributed by atoms with Crippen molar-refractivity contribution in [2.45, 2.75) is 44.9 Å². The Kier molecular flexibility index (Phi) is 6.34. The van der Waals surface area contributed by atoms with Gasteiger partial charge in [-0.15, -0.1) is 0 Å². The van der Waals surface area contributed by atoms with Crippen molar-refractivity contribution >= 4 is 0 Å². The van der Waals surface area contributed by atoms with Crippen LogP contribution in [0.1, 0.15) is 50.5 Å². The number of benzene rings is 1. The molecule has 6 nitrogen and oxygen atoms in total. The average Bonchev–Trinajstić information content (AvgIpc) is 2.79. The molecule has 0 saturated heterocycles. The van der Waals surface area contributed by atoms with E-state index in [4.69, 9.17) is 15.2 Å². The number of rotatable bonds is 6. The molecular weight excluding hydrogens is 376 g/mol. The minimum absolute atomic E-state index is 0.0414. The molecule has 2 aliphatic rings. The lowest BCUT2D eigenvalue weighted by molar-refractivity contribution is 0.297. The Balaban J connectivity index is 2.23. The standard InChI is InChI=1S/C24H26N4O2/c1-3-4-11-30-21-12-16(29-2)9-10-18(21)22-17-7-5-6-8-20(17)24(14-26,15-27)23(28)19(22)13-25/h8-10,12,17,22H,3-7,11,28H2,1-2H3/t17-,22+/m1/s1. The summed E-state index contributed by atoms with van der Waals surface area (Å²) in [6.07, 6.45) is 6.38. The van der Waals surface area contributed by atoms with Crippen molar-refractivity contribution in [1.82, 2.24) is 0 Å². The topological polar surface area (TPSA) is 116 Å². The number of allylic oxidation sites excluding steroid dienone is 3. The van der Waals surface area contributed by atoms with Gasteiger partial charge in [0.2, 0.25) is 5.41 Å². The zero-order chi connectivity index (χ0) is 21.7. The van der Waals surface area contributed by atoms with Crippen molar-refractivity contribution < 1.29 is 9.47 Å². The molecule has 2 aliphatic carbocycles. The fraction of sp³-hybridized carbons (Fsp3) is 0.458. The molecule has 30 heavy (non-hydrogen) atoms. The predicted octanol–water partition coefficient (Wildman–Crippen LogP) is 4.47. The van der Waals surface area contributed by atoms with Gasteiger partial charge in [-0.1, -0.05) is 25.5 Å². The molecule has 2 N–H and O–H groups in total. The van der Waals surface area contributed by atoms with Crippen LogP contribution in [0.2, 0.25) is 0 Å². The second-order valence-corrected chi connectivity index (χ2v) is 7.69. The van der Waals surface area contributed by atoms with Crippen molar-refractivity contribution in [3.05, 3.63) is 46.7 Å². The lowest BCUT2D eigenvalue weighted by atomic mass is 9.58. The maximum atomic E-state index is 10.0. The number of fused-ring (bicyclic) bond motifs is 1. The van der Waals surface area contributed by atoms with Crippen LogP contribution in [0.3, 0.4) is 0 Å². The second-order valence-electron chi connectivity index (χ2n) is 7.69. The largest absolute Gasteiger partial charge is 0.497 e. The van der Waals surface area contributed by atoms with E-state index in [9.17, 15) is 15.8 Å². The summed E-state index contributed by atoms with van der Waals surface area (Å²) in [6, 6.07) is 12.0. The van der Waals surface area contributed by atoms with Gasteiger partial charge in [0.1, 0.15) is 11.5 Å². The Labute approximate surface area is 177 Å². The zero-order valence-electron chi connectivity index (χ0n) is 17.4. The first-order valence-corrected chi connectivity index (χ1v) is 10.3. The average molecular weight is 402 g/mol. The van der Waals surface area contributed by atoms with E-state index in [2.05, 4.69) is 25.1 Å². The summed E-state index contributed by atoms with van der Waals surface area (Å²) < 4.78 is 11.5. The van der Waals surface area contributed by atoms with Gasteiger partial charge < -0.3 is 15.2 Å². The molecule has 3 rings (SSSR count). The lowest BCUT2D eigenvalue weighted by Gasteiger charge is -2.42. The van der Waals surface area contributed by atoms with Crippen LogP contribution in [0, 0.1) is 45.3 Å². The van der Waals surface area contributed by atoms with Gasteiger partial charge in [-0.2, -0.15) is 15.8 Å². The Morgan fingerprint density at radius 3 is 2.63 bits per heavy atom. The predicted molar refractivity (Wildman–Crippen MR) is 112 cm³/mol. The highest BCUT2D eigenvalue weighted by molar-refractivity contribution is 5.60.